The zero-order chi connectivity index (χ0) is 18.0. The Kier molecular flexibility index (Phi) is 5.54. The van der Waals surface area contributed by atoms with Gasteiger partial charge in [0.05, 0.1) is 18.0 Å². The zero-order valence-corrected chi connectivity index (χ0v) is 15.9. The van der Waals surface area contributed by atoms with Gasteiger partial charge in [0, 0.05) is 0 Å². The molecule has 1 unspecified atom stereocenters. The Labute approximate surface area is 151 Å². The number of rotatable bonds is 4. The number of ether oxygens (including phenoxy) is 1. The monoisotopic (exact) mass is 363 g/mol. The number of esters is 1. The number of carbonyl (C=O) groups excluding carboxylic acids is 1. The first-order valence-corrected chi connectivity index (χ1v) is 9.79. The van der Waals surface area contributed by atoms with Gasteiger partial charge < -0.3 is 9.72 Å². The van der Waals surface area contributed by atoms with Gasteiger partial charge in [0.2, 0.25) is 0 Å². The quantitative estimate of drug-likeness (QED) is 0.843. The molecule has 3 heterocycles. The van der Waals surface area contributed by atoms with Crippen LogP contribution in [0, 0.1) is 6.92 Å². The largest absolute Gasteiger partial charge is 0.462 e. The fourth-order valence-corrected chi connectivity index (χ4v) is 4.49. The molecule has 0 aliphatic carbocycles. The van der Waals surface area contributed by atoms with E-state index in [2.05, 4.69) is 21.8 Å². The number of carbonyl (C=O) groups is 1. The van der Waals surface area contributed by atoms with Crippen LogP contribution in [0.2, 0.25) is 0 Å². The summed E-state index contributed by atoms with van der Waals surface area (Å²) in [6, 6.07) is 0.0589. The summed E-state index contributed by atoms with van der Waals surface area (Å²) in [5, 5.41) is 0.500. The molecule has 1 saturated heterocycles. The van der Waals surface area contributed by atoms with Crippen LogP contribution < -0.4 is 5.56 Å². The summed E-state index contributed by atoms with van der Waals surface area (Å²) in [7, 11) is 0. The van der Waals surface area contributed by atoms with E-state index >= 15 is 0 Å². The molecule has 2 aromatic rings. The number of thiophene rings is 1. The number of nitrogens with one attached hydrogen (secondary N) is 1. The van der Waals surface area contributed by atoms with Crippen LogP contribution in [-0.2, 0) is 4.74 Å². The average molecular weight is 363 g/mol. The number of likely N-dealkylation sites (tertiary alicyclic amines) is 1. The van der Waals surface area contributed by atoms with E-state index in [1.807, 2.05) is 0 Å². The van der Waals surface area contributed by atoms with Crippen molar-refractivity contribution >= 4 is 27.5 Å². The highest BCUT2D eigenvalue weighted by Crippen LogP contribution is 2.29. The third kappa shape index (κ3) is 3.62. The van der Waals surface area contributed by atoms with Gasteiger partial charge in [-0.2, -0.15) is 0 Å². The molecule has 1 N–H and O–H groups in total. The summed E-state index contributed by atoms with van der Waals surface area (Å²) in [6.45, 7) is 8.00. The van der Waals surface area contributed by atoms with Crippen molar-refractivity contribution in [2.45, 2.75) is 52.5 Å². The van der Waals surface area contributed by atoms with Gasteiger partial charge in [0.15, 0.2) is 0 Å². The second-order valence-corrected chi connectivity index (χ2v) is 7.53. The molecule has 0 bridgehead atoms. The van der Waals surface area contributed by atoms with Crippen molar-refractivity contribution in [3.8, 4) is 0 Å². The molecule has 25 heavy (non-hydrogen) atoms. The van der Waals surface area contributed by atoms with E-state index in [1.54, 1.807) is 13.8 Å². The van der Waals surface area contributed by atoms with E-state index in [0.29, 0.717) is 33.1 Å². The van der Waals surface area contributed by atoms with Crippen molar-refractivity contribution < 1.29 is 9.53 Å². The number of hydrogen-bond acceptors (Lipinski definition) is 6. The van der Waals surface area contributed by atoms with E-state index < -0.39 is 0 Å². The van der Waals surface area contributed by atoms with Crippen molar-refractivity contribution in [3.05, 3.63) is 26.6 Å². The van der Waals surface area contributed by atoms with Gasteiger partial charge in [0.1, 0.15) is 15.5 Å². The molecule has 0 radical (unpaired) electrons. The van der Waals surface area contributed by atoms with Crippen LogP contribution in [0.1, 0.15) is 66.6 Å². The molecular weight excluding hydrogens is 338 g/mol. The molecule has 6 nitrogen and oxygen atoms in total. The maximum atomic E-state index is 12.6. The van der Waals surface area contributed by atoms with Crippen molar-refractivity contribution in [1.82, 2.24) is 14.9 Å². The fourth-order valence-electron chi connectivity index (χ4n) is 3.41. The minimum atomic E-state index is -0.385. The number of aryl methyl sites for hydroxylation is 1. The normalized spacial score (nSPS) is 17.4. The Morgan fingerprint density at radius 2 is 2.00 bits per heavy atom. The lowest BCUT2D eigenvalue weighted by Crippen LogP contribution is -2.30. The van der Waals surface area contributed by atoms with Crippen LogP contribution >= 0.6 is 11.3 Å². The predicted molar refractivity (Wildman–Crippen MR) is 99.4 cm³/mol. The first-order chi connectivity index (χ1) is 12.0. The minimum Gasteiger partial charge on any atom is -0.462 e. The van der Waals surface area contributed by atoms with Gasteiger partial charge in [0.25, 0.3) is 5.56 Å². The maximum Gasteiger partial charge on any atom is 0.348 e. The number of H-pyrrole nitrogens is 1. The minimum absolute atomic E-state index is 0.0589. The van der Waals surface area contributed by atoms with Gasteiger partial charge >= 0.3 is 5.97 Å². The predicted octanol–water partition coefficient (Wildman–Crippen LogP) is 3.41. The standard InChI is InChI=1S/C18H25N3O3S/c1-4-24-18(23)14-11(2)13-16(22)19-15(20-17(13)25-14)12(3)21-9-7-5-6-8-10-21/h12H,4-10H2,1-3H3,(H,19,20,22). The number of aromatic amines is 1. The Morgan fingerprint density at radius 1 is 1.32 bits per heavy atom. The summed E-state index contributed by atoms with van der Waals surface area (Å²) >= 11 is 1.24. The molecule has 1 aliphatic rings. The van der Waals surface area contributed by atoms with Gasteiger partial charge in [-0.15, -0.1) is 11.3 Å². The second kappa shape index (κ2) is 7.66. The number of hydrogen-bond donors (Lipinski definition) is 1. The van der Waals surface area contributed by atoms with Crippen molar-refractivity contribution in [2.24, 2.45) is 0 Å². The molecule has 0 aromatic carbocycles. The highest BCUT2D eigenvalue weighted by Gasteiger charge is 2.23. The maximum absolute atomic E-state index is 12.6. The van der Waals surface area contributed by atoms with Crippen molar-refractivity contribution in [3.63, 3.8) is 0 Å². The smallest absolute Gasteiger partial charge is 0.348 e. The molecule has 7 heteroatoms. The third-order valence-electron chi connectivity index (χ3n) is 4.86. The van der Waals surface area contributed by atoms with Crippen molar-refractivity contribution in [1.29, 1.82) is 0 Å². The number of aromatic nitrogens is 2. The molecule has 3 rings (SSSR count). The third-order valence-corrected chi connectivity index (χ3v) is 6.03. The summed E-state index contributed by atoms with van der Waals surface area (Å²) in [5.74, 6) is 0.292. The Balaban J connectivity index is 1.98. The Bertz CT molecular complexity index is 819. The molecule has 0 amide bonds. The van der Waals surface area contributed by atoms with Gasteiger partial charge in [-0.05, 0) is 52.3 Å². The van der Waals surface area contributed by atoms with E-state index in [1.165, 1.54) is 37.0 Å². The summed E-state index contributed by atoms with van der Waals surface area (Å²) in [4.78, 5) is 35.8. The summed E-state index contributed by atoms with van der Waals surface area (Å²) in [5.41, 5.74) is 0.479. The Hall–Kier alpha value is -1.73. The summed E-state index contributed by atoms with van der Waals surface area (Å²) in [6.07, 6.45) is 4.89. The molecule has 0 saturated carbocycles. The van der Waals surface area contributed by atoms with Gasteiger partial charge in [-0.25, -0.2) is 9.78 Å². The average Bonchev–Trinajstić information content (AvgIpc) is 2.77. The lowest BCUT2D eigenvalue weighted by molar-refractivity contribution is 0.0531. The highest BCUT2D eigenvalue weighted by atomic mass is 32.1. The lowest BCUT2D eigenvalue weighted by Gasteiger charge is -2.26. The van der Waals surface area contributed by atoms with E-state index in [-0.39, 0.29) is 17.6 Å². The second-order valence-electron chi connectivity index (χ2n) is 6.53. The van der Waals surface area contributed by atoms with Gasteiger partial charge in [-0.3, -0.25) is 9.69 Å². The van der Waals surface area contributed by atoms with E-state index in [9.17, 15) is 9.59 Å². The molecule has 2 aromatic heterocycles. The zero-order valence-electron chi connectivity index (χ0n) is 15.1. The first-order valence-electron chi connectivity index (χ1n) is 8.97. The lowest BCUT2D eigenvalue weighted by atomic mass is 10.2. The van der Waals surface area contributed by atoms with Crippen LogP contribution in [0.25, 0.3) is 10.2 Å². The SMILES string of the molecule is CCOC(=O)c1sc2nc(C(C)N3CCCCCC3)[nH]c(=O)c2c1C. The summed E-state index contributed by atoms with van der Waals surface area (Å²) < 4.78 is 5.09. The molecule has 1 aliphatic heterocycles. The van der Waals surface area contributed by atoms with Crippen LogP contribution in [0.15, 0.2) is 4.79 Å². The van der Waals surface area contributed by atoms with Crippen molar-refractivity contribution in [2.75, 3.05) is 19.7 Å². The van der Waals surface area contributed by atoms with E-state index in [4.69, 9.17) is 4.74 Å². The number of nitrogens with zero attached hydrogens (tertiary/aromatic N) is 2. The van der Waals surface area contributed by atoms with Crippen LogP contribution in [0.4, 0.5) is 0 Å². The van der Waals surface area contributed by atoms with Crippen LogP contribution in [0.3, 0.4) is 0 Å². The van der Waals surface area contributed by atoms with E-state index in [0.717, 1.165) is 13.1 Å². The molecule has 1 fully saturated rings. The highest BCUT2D eigenvalue weighted by molar-refractivity contribution is 7.20. The van der Waals surface area contributed by atoms with Gasteiger partial charge in [-0.1, -0.05) is 12.8 Å². The van der Waals surface area contributed by atoms with Crippen LogP contribution in [-0.4, -0.2) is 40.5 Å². The van der Waals surface area contributed by atoms with Crippen LogP contribution in [0.5, 0.6) is 0 Å². The Morgan fingerprint density at radius 3 is 2.64 bits per heavy atom. The molecule has 1 atom stereocenters. The fraction of sp³-hybridized carbons (Fsp3) is 0.611. The molecule has 136 valence electrons. The topological polar surface area (TPSA) is 75.3 Å². The molecule has 0 spiro atoms. The first kappa shape index (κ1) is 18.1. The molecular formula is C18H25N3O3S. The number of fused-ring (bicyclic) bond motifs is 1.